The standard InChI is InChI=1S/C24H26N2O2/c1-3-4-5-6-15-28-21-14-13-18(16-22(21)27-2)24-25-19-11-7-9-17-10-8-12-20(26-24)23(17)19/h7-14,16H,3-6,15H2,1-2H3,(H,25,26). The van der Waals surface area contributed by atoms with Gasteiger partial charge in [0.05, 0.1) is 19.4 Å². The minimum atomic E-state index is 0.713. The first kappa shape index (κ1) is 18.4. The lowest BCUT2D eigenvalue weighted by molar-refractivity contribution is 0.285. The molecule has 0 fully saturated rings. The first-order valence-corrected chi connectivity index (χ1v) is 9.99. The third-order valence-corrected chi connectivity index (χ3v) is 5.06. The lowest BCUT2D eigenvalue weighted by atomic mass is 10.0. The van der Waals surface area contributed by atoms with Crippen LogP contribution in [0.2, 0.25) is 0 Å². The summed E-state index contributed by atoms with van der Waals surface area (Å²) in [4.78, 5) is 4.84. The molecule has 0 atom stereocenters. The SMILES string of the molecule is CCCCCCOc1ccc(C2=Nc3cccc4cccc(c34)N2)cc1OC. The molecular formula is C24H26N2O2. The van der Waals surface area contributed by atoms with Crippen molar-refractivity contribution in [3.63, 3.8) is 0 Å². The minimum Gasteiger partial charge on any atom is -0.493 e. The van der Waals surface area contributed by atoms with E-state index in [4.69, 9.17) is 14.5 Å². The van der Waals surface area contributed by atoms with E-state index in [1.165, 1.54) is 24.6 Å². The maximum Gasteiger partial charge on any atom is 0.161 e. The van der Waals surface area contributed by atoms with Crippen molar-refractivity contribution in [3.05, 3.63) is 60.2 Å². The number of methoxy groups -OCH3 is 1. The molecule has 4 nitrogen and oxygen atoms in total. The van der Waals surface area contributed by atoms with E-state index in [2.05, 4.69) is 42.6 Å². The van der Waals surface area contributed by atoms with Crippen molar-refractivity contribution in [1.82, 2.24) is 0 Å². The minimum absolute atomic E-state index is 0.713. The Hall–Kier alpha value is -3.01. The van der Waals surface area contributed by atoms with Crippen LogP contribution in [-0.4, -0.2) is 19.6 Å². The second-order valence-electron chi connectivity index (χ2n) is 7.04. The van der Waals surface area contributed by atoms with E-state index in [0.29, 0.717) is 6.61 Å². The Labute approximate surface area is 166 Å². The number of rotatable bonds is 8. The number of hydrogen-bond acceptors (Lipinski definition) is 4. The summed E-state index contributed by atoms with van der Waals surface area (Å²) in [7, 11) is 1.68. The first-order valence-electron chi connectivity index (χ1n) is 9.99. The Bertz CT molecular complexity index is 1010. The molecule has 1 aliphatic heterocycles. The molecule has 0 aromatic heterocycles. The van der Waals surface area contributed by atoms with Crippen LogP contribution in [0.4, 0.5) is 11.4 Å². The second-order valence-corrected chi connectivity index (χ2v) is 7.04. The summed E-state index contributed by atoms with van der Waals surface area (Å²) in [5, 5.41) is 5.82. The Morgan fingerprint density at radius 2 is 1.79 bits per heavy atom. The van der Waals surface area contributed by atoms with Gasteiger partial charge < -0.3 is 14.8 Å². The molecule has 4 rings (SSSR count). The fourth-order valence-electron chi connectivity index (χ4n) is 3.58. The zero-order valence-electron chi connectivity index (χ0n) is 16.5. The summed E-state index contributed by atoms with van der Waals surface area (Å²) in [5.74, 6) is 2.33. The molecular weight excluding hydrogens is 348 g/mol. The Morgan fingerprint density at radius 1 is 0.929 bits per heavy atom. The molecule has 28 heavy (non-hydrogen) atoms. The number of aliphatic imine (C=N–C) groups is 1. The normalized spacial score (nSPS) is 12.4. The van der Waals surface area contributed by atoms with Gasteiger partial charge in [-0.2, -0.15) is 0 Å². The summed E-state index contributed by atoms with van der Waals surface area (Å²) < 4.78 is 11.5. The topological polar surface area (TPSA) is 42.8 Å². The molecule has 144 valence electrons. The highest BCUT2D eigenvalue weighted by Gasteiger charge is 2.17. The van der Waals surface area contributed by atoms with Crippen LogP contribution in [0.25, 0.3) is 10.8 Å². The quantitative estimate of drug-likeness (QED) is 0.470. The predicted octanol–water partition coefficient (Wildman–Crippen LogP) is 6.31. The van der Waals surface area contributed by atoms with Gasteiger partial charge in [0.1, 0.15) is 5.84 Å². The van der Waals surface area contributed by atoms with E-state index < -0.39 is 0 Å². The van der Waals surface area contributed by atoms with Gasteiger partial charge in [-0.05, 0) is 42.1 Å². The van der Waals surface area contributed by atoms with Gasteiger partial charge in [-0.1, -0.05) is 50.5 Å². The van der Waals surface area contributed by atoms with E-state index in [1.807, 2.05) is 24.3 Å². The van der Waals surface area contributed by atoms with E-state index in [-0.39, 0.29) is 0 Å². The first-order chi connectivity index (χ1) is 13.8. The summed E-state index contributed by atoms with van der Waals surface area (Å²) in [6.07, 6.45) is 4.74. The van der Waals surface area contributed by atoms with Crippen molar-refractivity contribution >= 4 is 28.0 Å². The number of hydrogen-bond donors (Lipinski definition) is 1. The van der Waals surface area contributed by atoms with Crippen molar-refractivity contribution in [2.45, 2.75) is 32.6 Å². The predicted molar refractivity (Wildman–Crippen MR) is 116 cm³/mol. The van der Waals surface area contributed by atoms with E-state index in [1.54, 1.807) is 7.11 Å². The van der Waals surface area contributed by atoms with Crippen LogP contribution in [0, 0.1) is 0 Å². The number of nitrogens with one attached hydrogen (secondary N) is 1. The van der Waals surface area contributed by atoms with Crippen LogP contribution in [0.3, 0.4) is 0 Å². The van der Waals surface area contributed by atoms with Crippen LogP contribution < -0.4 is 14.8 Å². The average Bonchev–Trinajstić information content (AvgIpc) is 2.74. The third-order valence-electron chi connectivity index (χ3n) is 5.06. The molecule has 0 spiro atoms. The molecule has 3 aromatic carbocycles. The van der Waals surface area contributed by atoms with Crippen molar-refractivity contribution < 1.29 is 9.47 Å². The maximum absolute atomic E-state index is 5.93. The van der Waals surface area contributed by atoms with Gasteiger partial charge in [-0.15, -0.1) is 0 Å². The summed E-state index contributed by atoms with van der Waals surface area (Å²) in [6, 6.07) is 18.5. The van der Waals surface area contributed by atoms with Gasteiger partial charge in [0.25, 0.3) is 0 Å². The van der Waals surface area contributed by atoms with Crippen LogP contribution >= 0.6 is 0 Å². The number of anilines is 1. The Kier molecular flexibility index (Phi) is 5.47. The highest BCUT2D eigenvalue weighted by atomic mass is 16.5. The van der Waals surface area contributed by atoms with Crippen molar-refractivity contribution in [1.29, 1.82) is 0 Å². The van der Waals surface area contributed by atoms with Gasteiger partial charge in [-0.25, -0.2) is 4.99 Å². The van der Waals surface area contributed by atoms with Crippen molar-refractivity contribution in [3.8, 4) is 11.5 Å². The molecule has 4 heteroatoms. The van der Waals surface area contributed by atoms with Crippen molar-refractivity contribution in [2.24, 2.45) is 4.99 Å². The molecule has 1 N–H and O–H groups in total. The van der Waals surface area contributed by atoms with Gasteiger partial charge in [0, 0.05) is 16.6 Å². The smallest absolute Gasteiger partial charge is 0.161 e. The molecule has 1 heterocycles. The zero-order valence-corrected chi connectivity index (χ0v) is 16.5. The van der Waals surface area contributed by atoms with Crippen LogP contribution in [0.15, 0.2) is 59.6 Å². The second kappa shape index (κ2) is 8.34. The van der Waals surface area contributed by atoms with E-state index in [0.717, 1.165) is 46.1 Å². The van der Waals surface area contributed by atoms with Crippen LogP contribution in [0.1, 0.15) is 38.2 Å². The molecule has 0 saturated carbocycles. The molecule has 0 bridgehead atoms. The Balaban J connectivity index is 1.58. The maximum atomic E-state index is 5.93. The summed E-state index contributed by atoms with van der Waals surface area (Å²) in [6.45, 7) is 2.92. The number of unbranched alkanes of at least 4 members (excludes halogenated alkanes) is 3. The zero-order chi connectivity index (χ0) is 19.3. The Morgan fingerprint density at radius 3 is 2.61 bits per heavy atom. The highest BCUT2D eigenvalue weighted by Crippen LogP contribution is 2.37. The fourth-order valence-corrected chi connectivity index (χ4v) is 3.58. The molecule has 0 unspecified atom stereocenters. The van der Waals surface area contributed by atoms with E-state index >= 15 is 0 Å². The van der Waals surface area contributed by atoms with Gasteiger partial charge in [0.2, 0.25) is 0 Å². The highest BCUT2D eigenvalue weighted by molar-refractivity contribution is 6.19. The molecule has 0 aliphatic carbocycles. The lowest BCUT2D eigenvalue weighted by Crippen LogP contribution is -2.16. The van der Waals surface area contributed by atoms with Crippen LogP contribution in [0.5, 0.6) is 11.5 Å². The summed E-state index contributed by atoms with van der Waals surface area (Å²) in [5.41, 5.74) is 3.03. The molecule has 0 amide bonds. The fraction of sp³-hybridized carbons (Fsp3) is 0.292. The third kappa shape index (κ3) is 3.68. The number of nitrogens with zero attached hydrogens (tertiary/aromatic N) is 1. The van der Waals surface area contributed by atoms with Gasteiger partial charge in [0.15, 0.2) is 11.5 Å². The monoisotopic (exact) mass is 374 g/mol. The summed E-state index contributed by atoms with van der Waals surface area (Å²) >= 11 is 0. The average molecular weight is 374 g/mol. The number of benzene rings is 3. The molecule has 0 saturated heterocycles. The lowest BCUT2D eigenvalue weighted by Gasteiger charge is -2.20. The number of amidine groups is 1. The molecule has 3 aromatic rings. The van der Waals surface area contributed by atoms with Gasteiger partial charge >= 0.3 is 0 Å². The number of ether oxygens (including phenoxy) is 2. The van der Waals surface area contributed by atoms with E-state index in [9.17, 15) is 0 Å². The molecule has 0 radical (unpaired) electrons. The van der Waals surface area contributed by atoms with Crippen molar-refractivity contribution in [2.75, 3.05) is 19.0 Å². The van der Waals surface area contributed by atoms with Gasteiger partial charge in [-0.3, -0.25) is 0 Å². The molecule has 1 aliphatic rings. The van der Waals surface area contributed by atoms with Crippen LogP contribution in [-0.2, 0) is 0 Å². The largest absolute Gasteiger partial charge is 0.493 e.